The van der Waals surface area contributed by atoms with Crippen LogP contribution in [0.3, 0.4) is 0 Å². The predicted octanol–water partition coefficient (Wildman–Crippen LogP) is 0.351. The van der Waals surface area contributed by atoms with Crippen LogP contribution in [-0.2, 0) is 4.79 Å². The van der Waals surface area contributed by atoms with E-state index in [4.69, 9.17) is 15.6 Å². The molecule has 15 heavy (non-hydrogen) atoms. The molecule has 0 fully saturated rings. The smallest absolute Gasteiger partial charge is 0.265 e. The molecule has 1 aliphatic rings. The zero-order valence-corrected chi connectivity index (χ0v) is 8.06. The zero-order chi connectivity index (χ0) is 10.8. The molecule has 80 valence electrons. The topological polar surface area (TPSA) is 84.6 Å². The standard InChI is InChI=1S/C10H12N2O3/c11-6-1-2-7-9(5-6)15-8(3-4-13)10(14)12-7/h1-2,5,8,13H,3-4,11H2,(H,12,14). The van der Waals surface area contributed by atoms with Gasteiger partial charge in [0.1, 0.15) is 5.75 Å². The number of nitrogens with two attached hydrogens (primary N) is 1. The summed E-state index contributed by atoms with van der Waals surface area (Å²) < 4.78 is 5.41. The summed E-state index contributed by atoms with van der Waals surface area (Å²) in [4.78, 5) is 11.5. The molecule has 1 aromatic carbocycles. The molecule has 0 saturated heterocycles. The van der Waals surface area contributed by atoms with Crippen molar-refractivity contribution in [2.75, 3.05) is 17.7 Å². The van der Waals surface area contributed by atoms with E-state index >= 15 is 0 Å². The van der Waals surface area contributed by atoms with E-state index in [2.05, 4.69) is 5.32 Å². The van der Waals surface area contributed by atoms with Crippen LogP contribution in [0.5, 0.6) is 5.75 Å². The van der Waals surface area contributed by atoms with Gasteiger partial charge < -0.3 is 20.9 Å². The van der Waals surface area contributed by atoms with Crippen molar-refractivity contribution in [3.63, 3.8) is 0 Å². The van der Waals surface area contributed by atoms with Gasteiger partial charge in [0.15, 0.2) is 6.10 Å². The summed E-state index contributed by atoms with van der Waals surface area (Å²) in [6, 6.07) is 5.03. The second-order valence-electron chi connectivity index (χ2n) is 3.36. The number of aliphatic hydroxyl groups excluding tert-OH is 1. The summed E-state index contributed by atoms with van der Waals surface area (Å²) in [6.45, 7) is -0.0876. The van der Waals surface area contributed by atoms with Gasteiger partial charge in [0.05, 0.1) is 5.69 Å². The van der Waals surface area contributed by atoms with Crippen molar-refractivity contribution in [1.82, 2.24) is 0 Å². The Balaban J connectivity index is 2.26. The lowest BCUT2D eigenvalue weighted by atomic mass is 10.1. The molecule has 0 bridgehead atoms. The van der Waals surface area contributed by atoms with Crippen molar-refractivity contribution in [2.45, 2.75) is 12.5 Å². The van der Waals surface area contributed by atoms with Gasteiger partial charge in [0.25, 0.3) is 5.91 Å². The van der Waals surface area contributed by atoms with Crippen molar-refractivity contribution < 1.29 is 14.6 Å². The molecule has 4 N–H and O–H groups in total. The highest BCUT2D eigenvalue weighted by molar-refractivity contribution is 5.98. The summed E-state index contributed by atoms with van der Waals surface area (Å²) >= 11 is 0. The molecule has 1 amide bonds. The van der Waals surface area contributed by atoms with Crippen LogP contribution >= 0.6 is 0 Å². The number of hydrogen-bond acceptors (Lipinski definition) is 4. The molecule has 1 heterocycles. The van der Waals surface area contributed by atoms with E-state index in [-0.39, 0.29) is 18.9 Å². The Kier molecular flexibility index (Phi) is 2.47. The maximum atomic E-state index is 11.5. The summed E-state index contributed by atoms with van der Waals surface area (Å²) in [5.74, 6) is 0.314. The first-order chi connectivity index (χ1) is 7.20. The highest BCUT2D eigenvalue weighted by atomic mass is 16.5. The fourth-order valence-corrected chi connectivity index (χ4v) is 1.47. The minimum absolute atomic E-state index is 0.0876. The lowest BCUT2D eigenvalue weighted by Crippen LogP contribution is -2.37. The third kappa shape index (κ3) is 1.87. The number of nitrogen functional groups attached to an aromatic ring is 1. The lowest BCUT2D eigenvalue weighted by molar-refractivity contribution is -0.124. The number of anilines is 2. The Hall–Kier alpha value is -1.75. The van der Waals surface area contributed by atoms with Crippen molar-refractivity contribution in [1.29, 1.82) is 0 Å². The SMILES string of the molecule is Nc1ccc2c(c1)OC(CCO)C(=O)N2. The predicted molar refractivity (Wildman–Crippen MR) is 55.6 cm³/mol. The van der Waals surface area contributed by atoms with Crippen LogP contribution in [0.25, 0.3) is 0 Å². The van der Waals surface area contributed by atoms with Gasteiger partial charge in [-0.05, 0) is 12.1 Å². The summed E-state index contributed by atoms with van der Waals surface area (Å²) in [5.41, 5.74) is 6.78. The van der Waals surface area contributed by atoms with Crippen LogP contribution in [0, 0.1) is 0 Å². The molecule has 0 saturated carbocycles. The molecular formula is C10H12N2O3. The van der Waals surface area contributed by atoms with Crippen molar-refractivity contribution in [3.05, 3.63) is 18.2 Å². The number of benzene rings is 1. The van der Waals surface area contributed by atoms with E-state index in [1.807, 2.05) is 0 Å². The highest BCUT2D eigenvalue weighted by Gasteiger charge is 2.26. The first kappa shape index (κ1) is 9.79. The molecule has 0 radical (unpaired) electrons. The van der Waals surface area contributed by atoms with Gasteiger partial charge in [-0.3, -0.25) is 4.79 Å². The van der Waals surface area contributed by atoms with Crippen molar-refractivity contribution in [3.8, 4) is 5.75 Å². The van der Waals surface area contributed by atoms with Gasteiger partial charge in [-0.25, -0.2) is 0 Å². The van der Waals surface area contributed by atoms with Crippen LogP contribution in [0.15, 0.2) is 18.2 Å². The van der Waals surface area contributed by atoms with E-state index in [0.29, 0.717) is 17.1 Å². The number of amides is 1. The number of carbonyl (C=O) groups is 1. The molecule has 5 nitrogen and oxygen atoms in total. The molecule has 2 rings (SSSR count). The zero-order valence-electron chi connectivity index (χ0n) is 8.06. The number of ether oxygens (including phenoxy) is 1. The summed E-state index contributed by atoms with van der Waals surface area (Å²) in [7, 11) is 0. The highest BCUT2D eigenvalue weighted by Crippen LogP contribution is 2.31. The van der Waals surface area contributed by atoms with E-state index in [1.54, 1.807) is 18.2 Å². The molecule has 5 heteroatoms. The molecule has 1 unspecified atom stereocenters. The van der Waals surface area contributed by atoms with Crippen LogP contribution in [0.1, 0.15) is 6.42 Å². The number of aliphatic hydroxyl groups is 1. The molecule has 1 atom stereocenters. The lowest BCUT2D eigenvalue weighted by Gasteiger charge is -2.25. The third-order valence-corrected chi connectivity index (χ3v) is 2.22. The number of rotatable bonds is 2. The summed E-state index contributed by atoms with van der Waals surface area (Å²) in [5, 5.41) is 11.4. The van der Waals surface area contributed by atoms with Crippen LogP contribution in [0.2, 0.25) is 0 Å². The summed E-state index contributed by atoms with van der Waals surface area (Å²) in [6.07, 6.45) is -0.357. The van der Waals surface area contributed by atoms with Gasteiger partial charge in [-0.15, -0.1) is 0 Å². The fraction of sp³-hybridized carbons (Fsp3) is 0.300. The Morgan fingerprint density at radius 2 is 2.33 bits per heavy atom. The van der Waals surface area contributed by atoms with Gasteiger partial charge >= 0.3 is 0 Å². The van der Waals surface area contributed by atoms with E-state index in [1.165, 1.54) is 0 Å². The Morgan fingerprint density at radius 3 is 3.07 bits per heavy atom. The maximum absolute atomic E-state index is 11.5. The van der Waals surface area contributed by atoms with Gasteiger partial charge in [-0.1, -0.05) is 0 Å². The van der Waals surface area contributed by atoms with Gasteiger partial charge in [0.2, 0.25) is 0 Å². The maximum Gasteiger partial charge on any atom is 0.265 e. The quantitative estimate of drug-likeness (QED) is 0.612. The van der Waals surface area contributed by atoms with Crippen LogP contribution in [0.4, 0.5) is 11.4 Å². The Labute approximate surface area is 86.8 Å². The molecule has 0 spiro atoms. The average Bonchev–Trinajstić information content (AvgIpc) is 2.20. The normalized spacial score (nSPS) is 19.0. The van der Waals surface area contributed by atoms with Crippen LogP contribution < -0.4 is 15.8 Å². The molecule has 1 aromatic rings. The van der Waals surface area contributed by atoms with Gasteiger partial charge in [0, 0.05) is 24.8 Å². The van der Waals surface area contributed by atoms with E-state index in [9.17, 15) is 4.79 Å². The Morgan fingerprint density at radius 1 is 1.53 bits per heavy atom. The van der Waals surface area contributed by atoms with Gasteiger partial charge in [-0.2, -0.15) is 0 Å². The van der Waals surface area contributed by atoms with E-state index < -0.39 is 6.10 Å². The third-order valence-electron chi connectivity index (χ3n) is 2.22. The first-order valence-electron chi connectivity index (χ1n) is 4.68. The minimum atomic E-state index is -0.635. The average molecular weight is 208 g/mol. The monoisotopic (exact) mass is 208 g/mol. The second-order valence-corrected chi connectivity index (χ2v) is 3.36. The largest absolute Gasteiger partial charge is 0.478 e. The number of carbonyl (C=O) groups excluding carboxylic acids is 1. The molecule has 0 aromatic heterocycles. The number of nitrogens with one attached hydrogen (secondary N) is 1. The van der Waals surface area contributed by atoms with E-state index in [0.717, 1.165) is 0 Å². The first-order valence-corrected chi connectivity index (χ1v) is 4.68. The number of fused-ring (bicyclic) bond motifs is 1. The molecule has 0 aliphatic carbocycles. The molecule has 1 aliphatic heterocycles. The van der Waals surface area contributed by atoms with Crippen LogP contribution in [-0.4, -0.2) is 23.7 Å². The van der Waals surface area contributed by atoms with Crippen molar-refractivity contribution >= 4 is 17.3 Å². The minimum Gasteiger partial charge on any atom is -0.478 e. The second kappa shape index (κ2) is 3.78. The fourth-order valence-electron chi connectivity index (χ4n) is 1.47. The van der Waals surface area contributed by atoms with Crippen molar-refractivity contribution in [2.24, 2.45) is 0 Å². The Bertz CT molecular complexity index is 392. The number of hydrogen-bond donors (Lipinski definition) is 3. The molecular weight excluding hydrogens is 196 g/mol.